The molecule has 0 atom stereocenters. The number of nitrogens with zero attached hydrogens (tertiary/aromatic N) is 3. The van der Waals surface area contributed by atoms with Gasteiger partial charge < -0.3 is 4.57 Å². The van der Waals surface area contributed by atoms with Gasteiger partial charge in [-0.05, 0) is 18.8 Å². The van der Waals surface area contributed by atoms with E-state index in [0.717, 1.165) is 12.4 Å². The van der Waals surface area contributed by atoms with Crippen LogP contribution in [0.1, 0.15) is 69.9 Å². The van der Waals surface area contributed by atoms with Crippen molar-refractivity contribution >= 4 is 11.6 Å². The van der Waals surface area contributed by atoms with Crippen LogP contribution in [0.15, 0.2) is 0 Å². The van der Waals surface area contributed by atoms with E-state index < -0.39 is 0 Å². The second-order valence-electron chi connectivity index (χ2n) is 5.80. The van der Waals surface area contributed by atoms with E-state index in [1.54, 1.807) is 0 Å². The Morgan fingerprint density at radius 2 is 1.83 bits per heavy atom. The Kier molecular flexibility index (Phi) is 5.04. The summed E-state index contributed by atoms with van der Waals surface area (Å²) in [6.07, 6.45) is 7.93. The molecule has 18 heavy (non-hydrogen) atoms. The fraction of sp³-hybridized carbons (Fsp3) is 0.857. The molecule has 1 aliphatic rings. The lowest BCUT2D eigenvalue weighted by Gasteiger charge is -2.17. The average molecular weight is 270 g/mol. The molecule has 1 heterocycles. The van der Waals surface area contributed by atoms with Crippen molar-refractivity contribution in [1.82, 2.24) is 14.8 Å². The van der Waals surface area contributed by atoms with E-state index in [0.29, 0.717) is 17.7 Å². The van der Waals surface area contributed by atoms with Gasteiger partial charge in [0.15, 0.2) is 0 Å². The van der Waals surface area contributed by atoms with Crippen LogP contribution in [0.2, 0.25) is 0 Å². The van der Waals surface area contributed by atoms with Crippen LogP contribution in [0.3, 0.4) is 0 Å². The van der Waals surface area contributed by atoms with Gasteiger partial charge in [-0.2, -0.15) is 0 Å². The molecule has 4 heteroatoms. The first kappa shape index (κ1) is 13.9. The highest BCUT2D eigenvalue weighted by molar-refractivity contribution is 6.16. The molecule has 0 aromatic carbocycles. The molecule has 1 aliphatic carbocycles. The van der Waals surface area contributed by atoms with Crippen LogP contribution in [0.5, 0.6) is 0 Å². The molecule has 1 aromatic rings. The molecule has 1 fully saturated rings. The third kappa shape index (κ3) is 3.25. The summed E-state index contributed by atoms with van der Waals surface area (Å²) in [4.78, 5) is 0. The Labute approximate surface area is 115 Å². The second-order valence-corrected chi connectivity index (χ2v) is 6.07. The Hall–Kier alpha value is -0.570. The number of rotatable bonds is 4. The molecule has 0 amide bonds. The van der Waals surface area contributed by atoms with Crippen LogP contribution in [0.25, 0.3) is 0 Å². The number of halogens is 1. The molecule has 0 spiro atoms. The summed E-state index contributed by atoms with van der Waals surface area (Å²) in [5.74, 6) is 3.78. The largest absolute Gasteiger partial charge is 0.313 e. The fourth-order valence-corrected chi connectivity index (χ4v) is 3.05. The highest BCUT2D eigenvalue weighted by Crippen LogP contribution is 2.31. The van der Waals surface area contributed by atoms with E-state index in [2.05, 4.69) is 28.6 Å². The molecular weight excluding hydrogens is 246 g/mol. The van der Waals surface area contributed by atoms with Gasteiger partial charge in [-0.15, -0.1) is 21.8 Å². The summed E-state index contributed by atoms with van der Waals surface area (Å²) in [5.41, 5.74) is 0. The van der Waals surface area contributed by atoms with Crippen molar-refractivity contribution in [2.45, 2.75) is 70.7 Å². The smallest absolute Gasteiger partial charge is 0.147 e. The predicted octanol–water partition coefficient (Wildman–Crippen LogP) is 4.11. The topological polar surface area (TPSA) is 30.7 Å². The summed E-state index contributed by atoms with van der Waals surface area (Å²) in [5, 5.41) is 8.71. The van der Waals surface area contributed by atoms with E-state index in [9.17, 15) is 0 Å². The molecular formula is C14H24ClN3. The Balaban J connectivity index is 2.22. The standard InChI is InChI=1S/C14H24ClN3/c1-11(2)10-18-13(9-15)16-17-14(18)12-7-5-3-4-6-8-12/h11-12H,3-10H2,1-2H3. The monoisotopic (exact) mass is 269 g/mol. The van der Waals surface area contributed by atoms with Crippen molar-refractivity contribution in [3.8, 4) is 0 Å². The first-order valence-electron chi connectivity index (χ1n) is 7.20. The van der Waals surface area contributed by atoms with Crippen LogP contribution < -0.4 is 0 Å². The lowest BCUT2D eigenvalue weighted by molar-refractivity contribution is 0.461. The number of hydrogen-bond acceptors (Lipinski definition) is 2. The molecule has 3 nitrogen and oxygen atoms in total. The minimum absolute atomic E-state index is 0.465. The molecule has 0 bridgehead atoms. The van der Waals surface area contributed by atoms with Gasteiger partial charge in [-0.25, -0.2) is 0 Å². The zero-order valence-corrected chi connectivity index (χ0v) is 12.3. The number of hydrogen-bond donors (Lipinski definition) is 0. The normalized spacial score (nSPS) is 18.2. The molecule has 0 radical (unpaired) electrons. The van der Waals surface area contributed by atoms with E-state index in [1.807, 2.05) is 0 Å². The van der Waals surface area contributed by atoms with Gasteiger partial charge >= 0.3 is 0 Å². The van der Waals surface area contributed by atoms with E-state index in [1.165, 1.54) is 44.3 Å². The summed E-state index contributed by atoms with van der Waals surface area (Å²) in [6.45, 7) is 5.45. The predicted molar refractivity (Wildman–Crippen MR) is 74.9 cm³/mol. The summed E-state index contributed by atoms with van der Waals surface area (Å²) >= 11 is 5.98. The highest BCUT2D eigenvalue weighted by atomic mass is 35.5. The van der Waals surface area contributed by atoms with Gasteiger partial charge in [-0.3, -0.25) is 0 Å². The first-order valence-corrected chi connectivity index (χ1v) is 7.73. The Bertz CT molecular complexity index is 365. The molecule has 1 saturated carbocycles. The van der Waals surface area contributed by atoms with E-state index >= 15 is 0 Å². The van der Waals surface area contributed by atoms with Gasteiger partial charge in [0.2, 0.25) is 0 Å². The number of alkyl halides is 1. The lowest BCUT2D eigenvalue weighted by Crippen LogP contribution is -2.14. The summed E-state index contributed by atoms with van der Waals surface area (Å²) < 4.78 is 2.27. The quantitative estimate of drug-likeness (QED) is 0.608. The van der Waals surface area contributed by atoms with Crippen LogP contribution in [0.4, 0.5) is 0 Å². The maximum absolute atomic E-state index is 5.98. The Morgan fingerprint density at radius 1 is 1.17 bits per heavy atom. The molecule has 0 N–H and O–H groups in total. The first-order chi connectivity index (χ1) is 8.72. The van der Waals surface area contributed by atoms with Crippen molar-refractivity contribution in [3.05, 3.63) is 11.6 Å². The SMILES string of the molecule is CC(C)Cn1c(CCl)nnc1C1CCCCCC1. The Morgan fingerprint density at radius 3 is 2.39 bits per heavy atom. The van der Waals surface area contributed by atoms with Gasteiger partial charge in [0.05, 0.1) is 5.88 Å². The molecule has 2 rings (SSSR count). The average Bonchev–Trinajstić information content (AvgIpc) is 2.57. The second kappa shape index (κ2) is 6.55. The van der Waals surface area contributed by atoms with Gasteiger partial charge in [0.25, 0.3) is 0 Å². The third-order valence-electron chi connectivity index (χ3n) is 3.74. The van der Waals surface area contributed by atoms with Crippen molar-refractivity contribution in [1.29, 1.82) is 0 Å². The summed E-state index contributed by atoms with van der Waals surface area (Å²) in [6, 6.07) is 0. The van der Waals surface area contributed by atoms with Gasteiger partial charge in [0, 0.05) is 12.5 Å². The van der Waals surface area contributed by atoms with Crippen LogP contribution in [-0.2, 0) is 12.4 Å². The van der Waals surface area contributed by atoms with Crippen molar-refractivity contribution < 1.29 is 0 Å². The summed E-state index contributed by atoms with van der Waals surface area (Å²) in [7, 11) is 0. The molecule has 0 unspecified atom stereocenters. The zero-order chi connectivity index (χ0) is 13.0. The minimum Gasteiger partial charge on any atom is -0.313 e. The highest BCUT2D eigenvalue weighted by Gasteiger charge is 2.22. The van der Waals surface area contributed by atoms with Gasteiger partial charge in [-0.1, -0.05) is 39.5 Å². The van der Waals surface area contributed by atoms with Crippen LogP contribution in [-0.4, -0.2) is 14.8 Å². The van der Waals surface area contributed by atoms with Gasteiger partial charge in [0.1, 0.15) is 11.6 Å². The molecule has 102 valence electrons. The van der Waals surface area contributed by atoms with Crippen LogP contribution in [0, 0.1) is 5.92 Å². The maximum Gasteiger partial charge on any atom is 0.147 e. The van der Waals surface area contributed by atoms with E-state index in [4.69, 9.17) is 11.6 Å². The fourth-order valence-electron chi connectivity index (χ4n) is 2.85. The lowest BCUT2D eigenvalue weighted by atomic mass is 9.99. The molecule has 0 saturated heterocycles. The minimum atomic E-state index is 0.465. The van der Waals surface area contributed by atoms with Crippen molar-refractivity contribution in [3.63, 3.8) is 0 Å². The number of aromatic nitrogens is 3. The van der Waals surface area contributed by atoms with Crippen molar-refractivity contribution in [2.24, 2.45) is 5.92 Å². The molecule has 0 aliphatic heterocycles. The van der Waals surface area contributed by atoms with Crippen LogP contribution >= 0.6 is 11.6 Å². The van der Waals surface area contributed by atoms with Crippen molar-refractivity contribution in [2.75, 3.05) is 0 Å². The molecule has 1 aromatic heterocycles. The van der Waals surface area contributed by atoms with E-state index in [-0.39, 0.29) is 0 Å². The maximum atomic E-state index is 5.98. The zero-order valence-electron chi connectivity index (χ0n) is 11.5. The third-order valence-corrected chi connectivity index (χ3v) is 3.98.